The first kappa shape index (κ1) is 17.5. The number of hydrogen-bond donors (Lipinski definition) is 0. The van der Waals surface area contributed by atoms with Crippen LogP contribution in [0.3, 0.4) is 0 Å². The highest BCUT2D eigenvalue weighted by atomic mass is 16.5. The molecule has 2 aromatic heterocycles. The molecule has 0 radical (unpaired) electrons. The molecule has 0 aliphatic rings. The lowest BCUT2D eigenvalue weighted by Gasteiger charge is -2.01. The normalized spacial score (nSPS) is 11.2. The molecular weight excluding hydrogens is 332 g/mol. The van der Waals surface area contributed by atoms with E-state index in [0.29, 0.717) is 35.0 Å². The molecule has 0 aliphatic carbocycles. The van der Waals surface area contributed by atoms with E-state index in [0.717, 1.165) is 0 Å². The van der Waals surface area contributed by atoms with Crippen molar-refractivity contribution in [2.75, 3.05) is 6.61 Å². The molecule has 0 N–H and O–H groups in total. The van der Waals surface area contributed by atoms with Gasteiger partial charge in [-0.05, 0) is 38.1 Å². The van der Waals surface area contributed by atoms with E-state index in [2.05, 4.69) is 15.2 Å². The number of imidazole rings is 1. The van der Waals surface area contributed by atoms with Gasteiger partial charge in [-0.25, -0.2) is 4.98 Å². The number of fused-ring (bicyclic) bond motifs is 1. The zero-order valence-electron chi connectivity index (χ0n) is 14.5. The van der Waals surface area contributed by atoms with Gasteiger partial charge < -0.3 is 4.74 Å². The summed E-state index contributed by atoms with van der Waals surface area (Å²) in [5.41, 5.74) is 2.26. The number of Topliss-reactive ketones (excluding diaryl/α,β-unsaturated/α-hetero) is 1. The maximum atomic E-state index is 11.9. The highest BCUT2D eigenvalue weighted by molar-refractivity contribution is 5.94. The number of carbonyl (C=O) groups is 2. The molecule has 7 heteroatoms. The summed E-state index contributed by atoms with van der Waals surface area (Å²) >= 11 is 0. The first-order valence-electron chi connectivity index (χ1n) is 8.23. The predicted molar refractivity (Wildman–Crippen MR) is 96.2 cm³/mol. The van der Waals surface area contributed by atoms with Crippen molar-refractivity contribution in [1.82, 2.24) is 9.38 Å². The summed E-state index contributed by atoms with van der Waals surface area (Å²) in [4.78, 5) is 27.8. The van der Waals surface area contributed by atoms with E-state index >= 15 is 0 Å². The summed E-state index contributed by atoms with van der Waals surface area (Å²) in [6.45, 7) is 3.56. The van der Waals surface area contributed by atoms with Crippen LogP contribution in [-0.4, -0.2) is 27.7 Å². The minimum atomic E-state index is -0.370. The van der Waals surface area contributed by atoms with Gasteiger partial charge in [0.1, 0.15) is 5.65 Å². The van der Waals surface area contributed by atoms with E-state index in [1.165, 1.54) is 6.92 Å². The van der Waals surface area contributed by atoms with Crippen molar-refractivity contribution < 1.29 is 14.3 Å². The first-order valence-corrected chi connectivity index (χ1v) is 8.23. The Bertz CT molecular complexity index is 991. The van der Waals surface area contributed by atoms with Crippen molar-refractivity contribution in [3.8, 4) is 0 Å². The molecule has 0 unspecified atom stereocenters. The Kier molecular flexibility index (Phi) is 5.17. The van der Waals surface area contributed by atoms with Crippen molar-refractivity contribution >= 4 is 28.9 Å². The molecule has 132 valence electrons. The first-order chi connectivity index (χ1) is 12.6. The van der Waals surface area contributed by atoms with Crippen LogP contribution in [0.5, 0.6) is 0 Å². The van der Waals surface area contributed by atoms with Crippen LogP contribution in [-0.2, 0) is 16.0 Å². The fraction of sp³-hybridized carbons (Fsp3) is 0.211. The van der Waals surface area contributed by atoms with Gasteiger partial charge in [-0.2, -0.15) is 0 Å². The zero-order chi connectivity index (χ0) is 18.5. The molecule has 3 rings (SSSR count). The van der Waals surface area contributed by atoms with Crippen molar-refractivity contribution in [1.29, 1.82) is 0 Å². The lowest BCUT2D eigenvalue weighted by atomic mass is 10.1. The molecule has 0 saturated carbocycles. The zero-order valence-corrected chi connectivity index (χ0v) is 14.5. The summed E-state index contributed by atoms with van der Waals surface area (Å²) in [6.07, 6.45) is 1.81. The number of nitrogens with zero attached hydrogens (tertiary/aromatic N) is 4. The third-order valence-corrected chi connectivity index (χ3v) is 3.70. The summed E-state index contributed by atoms with van der Waals surface area (Å²) in [5.74, 6) is 0.0488. The smallest absolute Gasteiger partial charge is 0.312 e. The molecular formula is C19H18N4O3. The monoisotopic (exact) mass is 350 g/mol. The lowest BCUT2D eigenvalue weighted by molar-refractivity contribution is -0.142. The van der Waals surface area contributed by atoms with Crippen LogP contribution >= 0.6 is 0 Å². The van der Waals surface area contributed by atoms with Crippen molar-refractivity contribution in [3.63, 3.8) is 0 Å². The van der Waals surface area contributed by atoms with Gasteiger partial charge in [-0.3, -0.25) is 14.0 Å². The number of rotatable bonds is 6. The number of ketones is 1. The van der Waals surface area contributed by atoms with Crippen LogP contribution in [0.25, 0.3) is 5.65 Å². The van der Waals surface area contributed by atoms with Gasteiger partial charge in [0.2, 0.25) is 0 Å². The number of azo groups is 1. The van der Waals surface area contributed by atoms with Crippen LogP contribution in [0, 0.1) is 0 Å². The molecule has 0 aliphatic heterocycles. The standard InChI is InChI=1S/C19H18N4O3/c1-3-26-18(25)12-16-19(23-10-5-4-9-17(23)20-16)22-21-15-8-6-7-14(11-15)13(2)24/h4-11H,3,12H2,1-2H3. The van der Waals surface area contributed by atoms with Gasteiger partial charge in [-0.1, -0.05) is 18.2 Å². The molecule has 2 heterocycles. The minimum absolute atomic E-state index is 0.0113. The molecule has 0 saturated heterocycles. The van der Waals surface area contributed by atoms with Crippen molar-refractivity contribution in [3.05, 3.63) is 59.9 Å². The Morgan fingerprint density at radius 1 is 1.15 bits per heavy atom. The molecule has 0 atom stereocenters. The molecule has 7 nitrogen and oxygen atoms in total. The predicted octanol–water partition coefficient (Wildman–Crippen LogP) is 4.06. The number of aromatic nitrogens is 2. The third kappa shape index (κ3) is 3.83. The number of esters is 1. The second kappa shape index (κ2) is 7.69. The molecule has 3 aromatic rings. The quantitative estimate of drug-likeness (QED) is 0.381. The average molecular weight is 350 g/mol. The average Bonchev–Trinajstić information content (AvgIpc) is 2.97. The minimum Gasteiger partial charge on any atom is -0.466 e. The van der Waals surface area contributed by atoms with Gasteiger partial charge in [0.05, 0.1) is 24.4 Å². The summed E-state index contributed by atoms with van der Waals surface area (Å²) in [7, 11) is 0. The van der Waals surface area contributed by atoms with E-state index in [4.69, 9.17) is 4.74 Å². The highest BCUT2D eigenvalue weighted by Gasteiger charge is 2.16. The van der Waals surface area contributed by atoms with Gasteiger partial charge in [0, 0.05) is 11.8 Å². The van der Waals surface area contributed by atoms with Crippen LogP contribution in [0.4, 0.5) is 11.5 Å². The Hall–Kier alpha value is -3.35. The number of carbonyl (C=O) groups excluding carboxylic acids is 2. The number of ether oxygens (including phenoxy) is 1. The molecule has 0 spiro atoms. The summed E-state index contributed by atoms with van der Waals surface area (Å²) in [6, 6.07) is 12.4. The van der Waals surface area contributed by atoms with Gasteiger partial charge in [0.25, 0.3) is 0 Å². The number of pyridine rings is 1. The van der Waals surface area contributed by atoms with Gasteiger partial charge in [-0.15, -0.1) is 10.2 Å². The Labute approximate surface area is 150 Å². The van der Waals surface area contributed by atoms with Crippen molar-refractivity contribution in [2.45, 2.75) is 20.3 Å². The summed E-state index contributed by atoms with van der Waals surface area (Å²) < 4.78 is 6.76. The van der Waals surface area contributed by atoms with E-state index in [-0.39, 0.29) is 18.2 Å². The van der Waals surface area contributed by atoms with E-state index in [1.807, 2.05) is 18.2 Å². The fourth-order valence-electron chi connectivity index (χ4n) is 2.50. The molecule has 26 heavy (non-hydrogen) atoms. The van der Waals surface area contributed by atoms with E-state index in [9.17, 15) is 9.59 Å². The third-order valence-electron chi connectivity index (χ3n) is 3.70. The fourth-order valence-corrected chi connectivity index (χ4v) is 2.50. The van der Waals surface area contributed by atoms with Gasteiger partial charge in [0.15, 0.2) is 11.6 Å². The Morgan fingerprint density at radius 2 is 2.00 bits per heavy atom. The van der Waals surface area contributed by atoms with Crippen LogP contribution in [0.15, 0.2) is 58.9 Å². The van der Waals surface area contributed by atoms with Crippen molar-refractivity contribution in [2.24, 2.45) is 10.2 Å². The Balaban J connectivity index is 1.98. The van der Waals surface area contributed by atoms with Crippen LogP contribution in [0.1, 0.15) is 29.9 Å². The second-order valence-electron chi connectivity index (χ2n) is 5.60. The lowest BCUT2D eigenvalue weighted by Crippen LogP contribution is -2.07. The maximum Gasteiger partial charge on any atom is 0.312 e. The number of hydrogen-bond acceptors (Lipinski definition) is 6. The van der Waals surface area contributed by atoms with Gasteiger partial charge >= 0.3 is 5.97 Å². The largest absolute Gasteiger partial charge is 0.466 e. The second-order valence-corrected chi connectivity index (χ2v) is 5.60. The van der Waals surface area contributed by atoms with Crippen LogP contribution in [0.2, 0.25) is 0 Å². The molecule has 0 fully saturated rings. The summed E-state index contributed by atoms with van der Waals surface area (Å²) in [5, 5.41) is 8.50. The van der Waals surface area contributed by atoms with E-state index < -0.39 is 0 Å². The van der Waals surface area contributed by atoms with E-state index in [1.54, 1.807) is 41.8 Å². The maximum absolute atomic E-state index is 11.9. The number of benzene rings is 1. The highest BCUT2D eigenvalue weighted by Crippen LogP contribution is 2.25. The Morgan fingerprint density at radius 3 is 2.77 bits per heavy atom. The van der Waals surface area contributed by atoms with Crippen LogP contribution < -0.4 is 0 Å². The SMILES string of the molecule is CCOC(=O)Cc1nc2ccccn2c1N=Nc1cccc(C(C)=O)c1. The molecule has 0 amide bonds. The molecule has 1 aromatic carbocycles. The topological polar surface area (TPSA) is 85.4 Å². The molecule has 0 bridgehead atoms.